The molecule has 1 atom stereocenters. The zero-order chi connectivity index (χ0) is 22.0. The fourth-order valence-electron chi connectivity index (χ4n) is 3.59. The summed E-state index contributed by atoms with van der Waals surface area (Å²) in [5.74, 6) is 1.70. The minimum Gasteiger partial charge on any atom is -0.334 e. The van der Waals surface area contributed by atoms with E-state index in [0.29, 0.717) is 53.3 Å². The first-order chi connectivity index (χ1) is 14.9. The number of amides is 1. The minimum absolute atomic E-state index is 0.141. The third-order valence-corrected chi connectivity index (χ3v) is 5.11. The van der Waals surface area contributed by atoms with E-state index in [-0.39, 0.29) is 12.0 Å². The van der Waals surface area contributed by atoms with Crippen LogP contribution in [0.2, 0.25) is 5.02 Å². The number of benzene rings is 1. The zero-order valence-corrected chi connectivity index (χ0v) is 18.4. The monoisotopic (exact) mass is 438 g/mol. The molecule has 0 saturated carbocycles. The van der Waals surface area contributed by atoms with Crippen molar-refractivity contribution in [3.05, 3.63) is 64.8 Å². The molecule has 8 nitrogen and oxygen atoms in total. The van der Waals surface area contributed by atoms with Gasteiger partial charge in [0.25, 0.3) is 5.91 Å². The van der Waals surface area contributed by atoms with E-state index in [1.165, 1.54) is 0 Å². The number of halogens is 1. The molecule has 0 bridgehead atoms. The number of aryl methyl sites for hydroxylation is 2. The molecular weight excluding hydrogens is 416 g/mol. The van der Waals surface area contributed by atoms with Crippen molar-refractivity contribution in [1.29, 1.82) is 0 Å². The molecule has 0 aliphatic carbocycles. The second kappa shape index (κ2) is 8.95. The van der Waals surface area contributed by atoms with Crippen molar-refractivity contribution < 1.29 is 9.63 Å². The van der Waals surface area contributed by atoms with Gasteiger partial charge in [0.1, 0.15) is 11.9 Å². The number of aromatic nitrogens is 4. The van der Waals surface area contributed by atoms with E-state index >= 15 is 0 Å². The summed E-state index contributed by atoms with van der Waals surface area (Å²) in [5.41, 5.74) is 1.97. The normalized spacial score (nSPS) is 16.8. The van der Waals surface area contributed by atoms with E-state index in [9.17, 15) is 4.79 Å². The van der Waals surface area contributed by atoms with Crippen LogP contribution >= 0.6 is 11.6 Å². The summed E-state index contributed by atoms with van der Waals surface area (Å²) in [6.07, 6.45) is 3.07. The maximum Gasteiger partial charge on any atom is 0.254 e. The van der Waals surface area contributed by atoms with Crippen LogP contribution in [-0.2, 0) is 4.84 Å². The number of hydrogen-bond donors (Lipinski definition) is 0. The summed E-state index contributed by atoms with van der Waals surface area (Å²) < 4.78 is 0. The number of nitrogens with zero attached hydrogens (tertiary/aromatic N) is 6. The van der Waals surface area contributed by atoms with Crippen LogP contribution in [0.1, 0.15) is 28.8 Å². The van der Waals surface area contributed by atoms with Crippen LogP contribution in [0.4, 0.5) is 5.82 Å². The van der Waals surface area contributed by atoms with E-state index in [1.807, 2.05) is 26.8 Å². The summed E-state index contributed by atoms with van der Waals surface area (Å²) in [5, 5.41) is 2.22. The van der Waals surface area contributed by atoms with Gasteiger partial charge in [-0.3, -0.25) is 9.63 Å². The molecule has 0 unspecified atom stereocenters. The largest absolute Gasteiger partial charge is 0.334 e. The van der Waals surface area contributed by atoms with E-state index in [1.54, 1.807) is 46.6 Å². The molecule has 2 aromatic heterocycles. The number of hydrogen-bond acceptors (Lipinski definition) is 7. The van der Waals surface area contributed by atoms with Crippen molar-refractivity contribution in [2.45, 2.75) is 26.9 Å². The number of hydroxylamine groups is 1. The van der Waals surface area contributed by atoms with Crippen molar-refractivity contribution in [2.24, 2.45) is 0 Å². The van der Waals surface area contributed by atoms with Crippen LogP contribution < -0.4 is 5.06 Å². The van der Waals surface area contributed by atoms with Crippen molar-refractivity contribution >= 4 is 23.3 Å². The lowest BCUT2D eigenvalue weighted by Crippen LogP contribution is -2.37. The smallest absolute Gasteiger partial charge is 0.254 e. The molecule has 0 spiro atoms. The van der Waals surface area contributed by atoms with Crippen molar-refractivity contribution in [2.75, 3.05) is 24.7 Å². The Morgan fingerprint density at radius 2 is 1.90 bits per heavy atom. The number of rotatable bonds is 3. The standard InChI is InChI=1S/C22H23ClN6O2/c1-14-11-20(27-16(3)26-14)29-10-9-28(13-15(2)31-29)22(30)19-12-17(23)5-6-18(19)21-24-7-4-8-25-21/h4-8,11-12,15H,9-10,13H2,1-3H3/t15-/m0/s1. The Kier molecular flexibility index (Phi) is 6.11. The maximum absolute atomic E-state index is 13.5. The Balaban J connectivity index is 1.61. The van der Waals surface area contributed by atoms with Crippen molar-refractivity contribution in [3.8, 4) is 11.4 Å². The molecule has 4 rings (SSSR count). The molecule has 9 heteroatoms. The second-order valence-electron chi connectivity index (χ2n) is 7.45. The van der Waals surface area contributed by atoms with Gasteiger partial charge in [-0.25, -0.2) is 25.0 Å². The van der Waals surface area contributed by atoms with E-state index < -0.39 is 0 Å². The minimum atomic E-state index is -0.224. The molecule has 31 heavy (non-hydrogen) atoms. The highest BCUT2D eigenvalue weighted by Crippen LogP contribution is 2.26. The Hall–Kier alpha value is -3.10. The van der Waals surface area contributed by atoms with Crippen LogP contribution in [0.3, 0.4) is 0 Å². The first-order valence-corrected chi connectivity index (χ1v) is 10.4. The topological polar surface area (TPSA) is 84.3 Å². The van der Waals surface area contributed by atoms with Gasteiger partial charge in [0.2, 0.25) is 0 Å². The molecule has 0 radical (unpaired) electrons. The first-order valence-electron chi connectivity index (χ1n) is 10.0. The molecular formula is C22H23ClN6O2. The number of carbonyl (C=O) groups is 1. The SMILES string of the molecule is Cc1cc(N2CCN(C(=O)c3cc(Cl)ccc3-c3ncccn3)C[C@H](C)O2)nc(C)n1. The third kappa shape index (κ3) is 4.81. The highest BCUT2D eigenvalue weighted by atomic mass is 35.5. The fourth-order valence-corrected chi connectivity index (χ4v) is 3.76. The maximum atomic E-state index is 13.5. The summed E-state index contributed by atoms with van der Waals surface area (Å²) in [6.45, 7) is 7.07. The molecule has 160 valence electrons. The summed E-state index contributed by atoms with van der Waals surface area (Å²) >= 11 is 6.22. The lowest BCUT2D eigenvalue weighted by molar-refractivity contribution is 0.0423. The molecule has 3 aromatic rings. The van der Waals surface area contributed by atoms with Crippen LogP contribution in [0.25, 0.3) is 11.4 Å². The average Bonchev–Trinajstić information content (AvgIpc) is 2.95. The first kappa shape index (κ1) is 21.1. The van der Waals surface area contributed by atoms with Gasteiger partial charge in [0.15, 0.2) is 11.6 Å². The second-order valence-corrected chi connectivity index (χ2v) is 7.88. The van der Waals surface area contributed by atoms with Gasteiger partial charge >= 0.3 is 0 Å². The van der Waals surface area contributed by atoms with Gasteiger partial charge in [-0.05, 0) is 45.0 Å². The predicted octanol–water partition coefficient (Wildman–Crippen LogP) is 3.49. The molecule has 3 heterocycles. The van der Waals surface area contributed by atoms with Crippen LogP contribution in [0.5, 0.6) is 0 Å². The quantitative estimate of drug-likeness (QED) is 0.618. The Bertz CT molecular complexity index is 1070. The summed E-state index contributed by atoms with van der Waals surface area (Å²) in [7, 11) is 0. The van der Waals surface area contributed by atoms with Crippen molar-refractivity contribution in [3.63, 3.8) is 0 Å². The molecule has 0 N–H and O–H groups in total. The van der Waals surface area contributed by atoms with E-state index in [4.69, 9.17) is 16.4 Å². The fraction of sp³-hybridized carbons (Fsp3) is 0.318. The molecule has 1 aliphatic heterocycles. The predicted molar refractivity (Wildman–Crippen MR) is 118 cm³/mol. The lowest BCUT2D eigenvalue weighted by atomic mass is 10.0. The number of carbonyl (C=O) groups excluding carboxylic acids is 1. The molecule has 1 amide bonds. The van der Waals surface area contributed by atoms with Crippen LogP contribution in [0, 0.1) is 13.8 Å². The highest BCUT2D eigenvalue weighted by Gasteiger charge is 2.28. The highest BCUT2D eigenvalue weighted by molar-refractivity contribution is 6.31. The van der Waals surface area contributed by atoms with E-state index in [0.717, 1.165) is 5.69 Å². The Labute approximate surface area is 185 Å². The van der Waals surface area contributed by atoms with Gasteiger partial charge in [-0.2, -0.15) is 0 Å². The van der Waals surface area contributed by atoms with Crippen LogP contribution in [0.15, 0.2) is 42.7 Å². The van der Waals surface area contributed by atoms with Crippen LogP contribution in [-0.4, -0.2) is 56.5 Å². The molecule has 1 aromatic carbocycles. The lowest BCUT2D eigenvalue weighted by Gasteiger charge is -2.22. The molecule has 1 aliphatic rings. The zero-order valence-electron chi connectivity index (χ0n) is 17.6. The van der Waals surface area contributed by atoms with Gasteiger partial charge < -0.3 is 4.90 Å². The third-order valence-electron chi connectivity index (χ3n) is 4.87. The van der Waals surface area contributed by atoms with Gasteiger partial charge in [0, 0.05) is 47.8 Å². The van der Waals surface area contributed by atoms with Gasteiger partial charge in [0.05, 0.1) is 12.1 Å². The van der Waals surface area contributed by atoms with Crippen molar-refractivity contribution in [1.82, 2.24) is 24.8 Å². The molecule has 1 fully saturated rings. The van der Waals surface area contributed by atoms with E-state index in [2.05, 4.69) is 19.9 Å². The molecule has 1 saturated heterocycles. The Morgan fingerprint density at radius 3 is 2.65 bits per heavy atom. The van der Waals surface area contributed by atoms with Gasteiger partial charge in [-0.1, -0.05) is 11.6 Å². The average molecular weight is 439 g/mol. The number of anilines is 1. The van der Waals surface area contributed by atoms with Gasteiger partial charge in [-0.15, -0.1) is 0 Å². The summed E-state index contributed by atoms with van der Waals surface area (Å²) in [6, 6.07) is 8.79. The summed E-state index contributed by atoms with van der Waals surface area (Å²) in [4.78, 5) is 38.7. The Morgan fingerprint density at radius 1 is 1.13 bits per heavy atom.